The van der Waals surface area contributed by atoms with Crippen LogP contribution in [0.2, 0.25) is 0 Å². The van der Waals surface area contributed by atoms with E-state index in [0.29, 0.717) is 5.56 Å². The van der Waals surface area contributed by atoms with Gasteiger partial charge in [0.15, 0.2) is 0 Å². The van der Waals surface area contributed by atoms with E-state index in [0.717, 1.165) is 23.7 Å². The summed E-state index contributed by atoms with van der Waals surface area (Å²) < 4.78 is 1.59. The number of hydrogen-bond donors (Lipinski definition) is 1. The average Bonchev–Trinajstić information content (AvgIpc) is 2.80. The zero-order chi connectivity index (χ0) is 16.2. The monoisotopic (exact) mass is 312 g/mol. The van der Waals surface area contributed by atoms with Crippen molar-refractivity contribution in [1.29, 1.82) is 0 Å². The fraction of sp³-hybridized carbons (Fsp3) is 0.474. The number of para-hydroxylation sites is 1. The maximum atomic E-state index is 12.4. The number of nitrogens with one attached hydrogen (secondary N) is 1. The van der Waals surface area contributed by atoms with Crippen molar-refractivity contribution in [3.8, 4) is 0 Å². The zero-order valence-electron chi connectivity index (χ0n) is 13.7. The van der Waals surface area contributed by atoms with Crippen molar-refractivity contribution in [2.24, 2.45) is 0 Å². The molecule has 0 saturated heterocycles. The van der Waals surface area contributed by atoms with E-state index in [9.17, 15) is 9.59 Å². The third-order valence-electron chi connectivity index (χ3n) is 4.70. The highest BCUT2D eigenvalue weighted by atomic mass is 16.2. The van der Waals surface area contributed by atoms with Crippen LogP contribution in [0.4, 0.5) is 0 Å². The minimum atomic E-state index is -0.0836. The Hall–Kier alpha value is -2.10. The molecule has 23 heavy (non-hydrogen) atoms. The largest absolute Gasteiger partial charge is 0.352 e. The Labute approximate surface area is 136 Å². The second-order valence-corrected chi connectivity index (χ2v) is 6.53. The Balaban J connectivity index is 1.81. The number of pyridine rings is 1. The van der Waals surface area contributed by atoms with Gasteiger partial charge in [-0.05, 0) is 37.3 Å². The molecule has 0 spiro atoms. The molecule has 1 fully saturated rings. The van der Waals surface area contributed by atoms with E-state index >= 15 is 0 Å². The molecule has 1 aliphatic rings. The average molecular weight is 312 g/mol. The number of amides is 1. The van der Waals surface area contributed by atoms with Gasteiger partial charge in [0.2, 0.25) is 5.91 Å². The van der Waals surface area contributed by atoms with Crippen molar-refractivity contribution < 1.29 is 4.79 Å². The van der Waals surface area contributed by atoms with Crippen LogP contribution in [-0.2, 0) is 11.3 Å². The molecule has 1 aromatic carbocycles. The lowest BCUT2D eigenvalue weighted by atomic mass is 10.1. The molecule has 2 aromatic rings. The van der Waals surface area contributed by atoms with Gasteiger partial charge in [-0.25, -0.2) is 0 Å². The van der Waals surface area contributed by atoms with Crippen molar-refractivity contribution >= 4 is 16.8 Å². The quantitative estimate of drug-likeness (QED) is 0.885. The van der Waals surface area contributed by atoms with E-state index in [4.69, 9.17) is 0 Å². The minimum absolute atomic E-state index is 0.0604. The Morgan fingerprint density at radius 1 is 1.17 bits per heavy atom. The number of rotatable bonds is 3. The number of benzene rings is 1. The van der Waals surface area contributed by atoms with Gasteiger partial charge in [0, 0.05) is 11.6 Å². The van der Waals surface area contributed by atoms with Crippen LogP contribution in [0.25, 0.3) is 10.9 Å². The van der Waals surface area contributed by atoms with Crippen LogP contribution in [0.15, 0.2) is 35.1 Å². The maximum Gasteiger partial charge on any atom is 0.254 e. The molecule has 0 bridgehead atoms. The lowest BCUT2D eigenvalue weighted by Gasteiger charge is -2.17. The summed E-state index contributed by atoms with van der Waals surface area (Å²) in [7, 11) is 0. The highest BCUT2D eigenvalue weighted by Crippen LogP contribution is 2.17. The number of nitrogens with zero attached hydrogens (tertiary/aromatic N) is 1. The van der Waals surface area contributed by atoms with Crippen LogP contribution in [0.5, 0.6) is 0 Å². The first-order chi connectivity index (χ1) is 11.1. The van der Waals surface area contributed by atoms with Crippen molar-refractivity contribution in [1.82, 2.24) is 9.88 Å². The number of aromatic nitrogens is 1. The van der Waals surface area contributed by atoms with Crippen molar-refractivity contribution in [2.45, 2.75) is 58.0 Å². The summed E-state index contributed by atoms with van der Waals surface area (Å²) in [6.07, 6.45) is 6.98. The van der Waals surface area contributed by atoms with Crippen LogP contribution in [-0.4, -0.2) is 16.5 Å². The first-order valence-electron chi connectivity index (χ1n) is 8.54. The third-order valence-corrected chi connectivity index (χ3v) is 4.70. The molecule has 4 nitrogen and oxygen atoms in total. The summed E-state index contributed by atoms with van der Waals surface area (Å²) in [6, 6.07) is 9.87. The van der Waals surface area contributed by atoms with Crippen molar-refractivity contribution in [2.75, 3.05) is 0 Å². The number of fused-ring (bicyclic) bond motifs is 1. The van der Waals surface area contributed by atoms with Gasteiger partial charge in [-0.2, -0.15) is 0 Å². The molecule has 1 amide bonds. The van der Waals surface area contributed by atoms with E-state index < -0.39 is 0 Å². The van der Waals surface area contributed by atoms with Crippen molar-refractivity contribution in [3.05, 3.63) is 46.2 Å². The van der Waals surface area contributed by atoms with Gasteiger partial charge in [-0.15, -0.1) is 0 Å². The molecule has 1 aromatic heterocycles. The minimum Gasteiger partial charge on any atom is -0.352 e. The van der Waals surface area contributed by atoms with Gasteiger partial charge in [-0.1, -0.05) is 43.9 Å². The van der Waals surface area contributed by atoms with E-state index in [1.165, 1.54) is 25.7 Å². The highest BCUT2D eigenvalue weighted by molar-refractivity contribution is 5.82. The Bertz CT molecular complexity index is 756. The summed E-state index contributed by atoms with van der Waals surface area (Å²) in [4.78, 5) is 24.9. The van der Waals surface area contributed by atoms with Gasteiger partial charge in [-0.3, -0.25) is 14.2 Å². The number of hydrogen-bond acceptors (Lipinski definition) is 2. The summed E-state index contributed by atoms with van der Waals surface area (Å²) >= 11 is 0. The fourth-order valence-electron chi connectivity index (χ4n) is 3.47. The second kappa shape index (κ2) is 6.99. The van der Waals surface area contributed by atoms with Gasteiger partial charge in [0.1, 0.15) is 6.54 Å². The topological polar surface area (TPSA) is 51.1 Å². The van der Waals surface area contributed by atoms with E-state index in [-0.39, 0.29) is 24.1 Å². The SMILES string of the molecule is Cc1cc2ccccc2n(CC(=O)NC2CCCCCC2)c1=O. The first-order valence-corrected chi connectivity index (χ1v) is 8.54. The van der Waals surface area contributed by atoms with E-state index in [1.807, 2.05) is 30.3 Å². The lowest BCUT2D eigenvalue weighted by molar-refractivity contribution is -0.122. The molecule has 1 aliphatic carbocycles. The molecule has 0 unspecified atom stereocenters. The van der Waals surface area contributed by atoms with Gasteiger partial charge in [0.25, 0.3) is 5.56 Å². The Morgan fingerprint density at radius 2 is 1.87 bits per heavy atom. The van der Waals surface area contributed by atoms with Gasteiger partial charge in [0.05, 0.1) is 5.52 Å². The van der Waals surface area contributed by atoms with E-state index in [1.54, 1.807) is 11.5 Å². The zero-order valence-corrected chi connectivity index (χ0v) is 13.7. The number of carbonyl (C=O) groups is 1. The van der Waals surface area contributed by atoms with E-state index in [2.05, 4.69) is 5.32 Å². The molecule has 0 atom stereocenters. The summed E-state index contributed by atoms with van der Waals surface area (Å²) in [5, 5.41) is 4.11. The molecule has 3 rings (SSSR count). The molecule has 0 radical (unpaired) electrons. The molecule has 1 N–H and O–H groups in total. The second-order valence-electron chi connectivity index (χ2n) is 6.53. The summed E-state index contributed by atoms with van der Waals surface area (Å²) in [6.45, 7) is 1.89. The normalized spacial score (nSPS) is 16.2. The number of carbonyl (C=O) groups excluding carboxylic acids is 1. The van der Waals surface area contributed by atoms with Crippen LogP contribution >= 0.6 is 0 Å². The number of aryl methyl sites for hydroxylation is 1. The molecule has 1 heterocycles. The predicted octanol–water partition coefficient (Wildman–Crippen LogP) is 3.15. The molecule has 4 heteroatoms. The predicted molar refractivity (Wildman–Crippen MR) is 92.6 cm³/mol. The van der Waals surface area contributed by atoms with Crippen LogP contribution in [0.3, 0.4) is 0 Å². The summed E-state index contributed by atoms with van der Waals surface area (Å²) in [5.74, 6) is -0.0604. The Kier molecular flexibility index (Phi) is 4.79. The molecule has 1 saturated carbocycles. The van der Waals surface area contributed by atoms with Crippen molar-refractivity contribution in [3.63, 3.8) is 0 Å². The molecule has 0 aliphatic heterocycles. The van der Waals surface area contributed by atoms with Crippen LogP contribution in [0.1, 0.15) is 44.1 Å². The van der Waals surface area contributed by atoms with Gasteiger partial charge < -0.3 is 5.32 Å². The smallest absolute Gasteiger partial charge is 0.254 e. The third kappa shape index (κ3) is 3.63. The van der Waals surface area contributed by atoms with Crippen LogP contribution < -0.4 is 10.9 Å². The van der Waals surface area contributed by atoms with Gasteiger partial charge >= 0.3 is 0 Å². The first kappa shape index (κ1) is 15.8. The molecular weight excluding hydrogens is 288 g/mol. The maximum absolute atomic E-state index is 12.4. The Morgan fingerprint density at radius 3 is 2.61 bits per heavy atom. The fourth-order valence-corrected chi connectivity index (χ4v) is 3.47. The standard InChI is InChI=1S/C19H24N2O2/c1-14-12-15-8-6-7-11-17(15)21(19(14)23)13-18(22)20-16-9-4-2-3-5-10-16/h6-8,11-12,16H,2-5,9-10,13H2,1H3,(H,20,22). The summed E-state index contributed by atoms with van der Waals surface area (Å²) in [5.41, 5.74) is 1.41. The molecule has 122 valence electrons. The molecular formula is C19H24N2O2. The lowest BCUT2D eigenvalue weighted by Crippen LogP contribution is -2.39. The van der Waals surface area contributed by atoms with Crippen LogP contribution in [0, 0.1) is 6.92 Å². The highest BCUT2D eigenvalue weighted by Gasteiger charge is 2.16.